The highest BCUT2D eigenvalue weighted by molar-refractivity contribution is 5.99. The summed E-state index contributed by atoms with van der Waals surface area (Å²) in [5.41, 5.74) is 3.96. The number of aliphatic imine (C=N–C) groups is 1. The molecular formula is C19H17NO. The number of aryl methyl sites for hydroxylation is 2. The molecule has 0 atom stereocenters. The number of phenols is 1. The van der Waals surface area contributed by atoms with Gasteiger partial charge in [-0.3, -0.25) is 4.99 Å². The fourth-order valence-electron chi connectivity index (χ4n) is 2.44. The predicted octanol–water partition coefficient (Wildman–Crippen LogP) is 4.91. The van der Waals surface area contributed by atoms with Crippen molar-refractivity contribution < 1.29 is 5.11 Å². The Morgan fingerprint density at radius 2 is 1.57 bits per heavy atom. The molecule has 0 aliphatic rings. The van der Waals surface area contributed by atoms with Crippen molar-refractivity contribution in [3.8, 4) is 5.75 Å². The first-order valence-electron chi connectivity index (χ1n) is 6.97. The van der Waals surface area contributed by atoms with Crippen LogP contribution in [0.25, 0.3) is 10.8 Å². The number of fused-ring (bicyclic) bond motifs is 1. The highest BCUT2D eigenvalue weighted by Gasteiger charge is 2.07. The smallest absolute Gasteiger partial charge is 0.132 e. The Morgan fingerprint density at radius 1 is 0.905 bits per heavy atom. The third-order valence-electron chi connectivity index (χ3n) is 3.64. The summed E-state index contributed by atoms with van der Waals surface area (Å²) in [6.07, 6.45) is 1.72. The number of hydrogen-bond acceptors (Lipinski definition) is 2. The van der Waals surface area contributed by atoms with Crippen molar-refractivity contribution in [2.24, 2.45) is 4.99 Å². The summed E-state index contributed by atoms with van der Waals surface area (Å²) in [5, 5.41) is 12.3. The third-order valence-corrected chi connectivity index (χ3v) is 3.64. The number of rotatable bonds is 2. The van der Waals surface area contributed by atoms with Gasteiger partial charge in [-0.2, -0.15) is 0 Å². The lowest BCUT2D eigenvalue weighted by Crippen LogP contribution is -1.88. The molecule has 2 nitrogen and oxygen atoms in total. The fraction of sp³-hybridized carbons (Fsp3) is 0.105. The molecule has 0 fully saturated rings. The van der Waals surface area contributed by atoms with Crippen LogP contribution < -0.4 is 0 Å². The maximum Gasteiger partial charge on any atom is 0.132 e. The zero-order chi connectivity index (χ0) is 14.8. The second-order valence-electron chi connectivity index (χ2n) is 5.27. The Bertz CT molecular complexity index is 817. The van der Waals surface area contributed by atoms with Crippen molar-refractivity contribution in [1.82, 2.24) is 0 Å². The van der Waals surface area contributed by atoms with Gasteiger partial charge in [-0.05, 0) is 43.0 Å². The van der Waals surface area contributed by atoms with Gasteiger partial charge in [-0.1, -0.05) is 42.0 Å². The van der Waals surface area contributed by atoms with Crippen LogP contribution in [0.15, 0.2) is 59.6 Å². The quantitative estimate of drug-likeness (QED) is 0.662. The van der Waals surface area contributed by atoms with Gasteiger partial charge in [0.05, 0.1) is 5.69 Å². The zero-order valence-electron chi connectivity index (χ0n) is 12.2. The van der Waals surface area contributed by atoms with Gasteiger partial charge >= 0.3 is 0 Å². The molecule has 0 amide bonds. The molecule has 1 N–H and O–H groups in total. The molecule has 0 radical (unpaired) electrons. The van der Waals surface area contributed by atoms with E-state index in [1.807, 2.05) is 68.4 Å². The normalized spacial score (nSPS) is 11.3. The number of hydrogen-bond donors (Lipinski definition) is 1. The summed E-state index contributed by atoms with van der Waals surface area (Å²) in [6, 6.07) is 17.8. The number of nitrogens with zero attached hydrogens (tertiary/aromatic N) is 1. The Balaban J connectivity index is 2.04. The van der Waals surface area contributed by atoms with Crippen LogP contribution in [0, 0.1) is 13.8 Å². The molecule has 0 aromatic heterocycles. The van der Waals surface area contributed by atoms with Crippen molar-refractivity contribution in [1.29, 1.82) is 0 Å². The Kier molecular flexibility index (Phi) is 3.44. The van der Waals surface area contributed by atoms with Gasteiger partial charge in [0, 0.05) is 17.2 Å². The molecule has 0 spiro atoms. The maximum absolute atomic E-state index is 10.4. The van der Waals surface area contributed by atoms with Crippen molar-refractivity contribution in [2.45, 2.75) is 13.8 Å². The van der Waals surface area contributed by atoms with Crippen LogP contribution in [0.5, 0.6) is 5.75 Å². The summed E-state index contributed by atoms with van der Waals surface area (Å²) in [4.78, 5) is 4.44. The van der Waals surface area contributed by atoms with E-state index in [0.717, 1.165) is 27.6 Å². The van der Waals surface area contributed by atoms with Gasteiger partial charge in [-0.15, -0.1) is 0 Å². The first kappa shape index (κ1) is 13.4. The fourth-order valence-corrected chi connectivity index (χ4v) is 2.44. The molecule has 0 unspecified atom stereocenters. The summed E-state index contributed by atoms with van der Waals surface area (Å²) in [6.45, 7) is 4.09. The summed E-state index contributed by atoms with van der Waals surface area (Å²) in [5.74, 6) is 0.284. The molecule has 3 aromatic carbocycles. The van der Waals surface area contributed by atoms with E-state index in [-0.39, 0.29) is 5.75 Å². The van der Waals surface area contributed by atoms with E-state index >= 15 is 0 Å². The number of phenolic OH excluding ortho intramolecular Hbond substituents is 1. The van der Waals surface area contributed by atoms with Crippen LogP contribution in [0.4, 0.5) is 5.69 Å². The van der Waals surface area contributed by atoms with E-state index in [1.54, 1.807) is 6.21 Å². The maximum atomic E-state index is 10.4. The molecule has 3 rings (SSSR count). The van der Waals surface area contributed by atoms with Crippen LogP contribution in [0.1, 0.15) is 16.7 Å². The highest BCUT2D eigenvalue weighted by Crippen LogP contribution is 2.30. The van der Waals surface area contributed by atoms with Gasteiger partial charge in [-0.25, -0.2) is 0 Å². The Hall–Kier alpha value is -2.61. The summed E-state index contributed by atoms with van der Waals surface area (Å²) < 4.78 is 0. The average molecular weight is 275 g/mol. The van der Waals surface area contributed by atoms with E-state index in [0.29, 0.717) is 0 Å². The largest absolute Gasteiger partial charge is 0.507 e. The van der Waals surface area contributed by atoms with E-state index in [2.05, 4.69) is 4.99 Å². The second kappa shape index (κ2) is 5.41. The molecular weight excluding hydrogens is 258 g/mol. The first-order valence-corrected chi connectivity index (χ1v) is 6.97. The minimum absolute atomic E-state index is 0.284. The first-order chi connectivity index (χ1) is 10.1. The van der Waals surface area contributed by atoms with E-state index in [9.17, 15) is 5.11 Å². The minimum Gasteiger partial charge on any atom is -0.507 e. The molecule has 0 aliphatic heterocycles. The van der Waals surface area contributed by atoms with Crippen molar-refractivity contribution in [3.05, 3.63) is 71.3 Å². The monoisotopic (exact) mass is 275 g/mol. The molecule has 21 heavy (non-hydrogen) atoms. The van der Waals surface area contributed by atoms with Crippen LogP contribution in [0.2, 0.25) is 0 Å². The number of aromatic hydroxyl groups is 1. The SMILES string of the molecule is Cc1ccc(N=Cc2cc(C)c3ccccc3c2O)cc1. The molecule has 0 saturated heterocycles. The van der Waals surface area contributed by atoms with Crippen molar-refractivity contribution in [3.63, 3.8) is 0 Å². The van der Waals surface area contributed by atoms with Crippen LogP contribution in [-0.4, -0.2) is 11.3 Å². The zero-order valence-corrected chi connectivity index (χ0v) is 12.2. The van der Waals surface area contributed by atoms with E-state index in [1.165, 1.54) is 5.56 Å². The van der Waals surface area contributed by atoms with Gasteiger partial charge in [0.1, 0.15) is 5.75 Å². The standard InChI is InChI=1S/C19H17NO/c1-13-7-9-16(10-8-13)20-12-15-11-14(2)17-5-3-4-6-18(17)19(15)21/h3-12,21H,1-2H3. The second-order valence-corrected chi connectivity index (χ2v) is 5.27. The lowest BCUT2D eigenvalue weighted by Gasteiger charge is -2.07. The molecule has 2 heteroatoms. The van der Waals surface area contributed by atoms with Crippen LogP contribution in [0.3, 0.4) is 0 Å². The van der Waals surface area contributed by atoms with Crippen molar-refractivity contribution in [2.75, 3.05) is 0 Å². The minimum atomic E-state index is 0.284. The lowest BCUT2D eigenvalue weighted by atomic mass is 10.0. The average Bonchev–Trinajstić information content (AvgIpc) is 2.51. The topological polar surface area (TPSA) is 32.6 Å². The van der Waals surface area contributed by atoms with Crippen LogP contribution >= 0.6 is 0 Å². The van der Waals surface area contributed by atoms with E-state index < -0.39 is 0 Å². The molecule has 0 saturated carbocycles. The predicted molar refractivity (Wildman–Crippen MR) is 88.8 cm³/mol. The summed E-state index contributed by atoms with van der Waals surface area (Å²) >= 11 is 0. The Morgan fingerprint density at radius 3 is 2.29 bits per heavy atom. The van der Waals surface area contributed by atoms with Gasteiger partial charge < -0.3 is 5.11 Å². The molecule has 104 valence electrons. The molecule has 0 aliphatic carbocycles. The van der Waals surface area contributed by atoms with Crippen molar-refractivity contribution >= 4 is 22.7 Å². The van der Waals surface area contributed by atoms with Crippen LogP contribution in [-0.2, 0) is 0 Å². The third kappa shape index (κ3) is 2.65. The molecule has 0 bridgehead atoms. The lowest BCUT2D eigenvalue weighted by molar-refractivity contribution is 0.481. The number of benzene rings is 3. The van der Waals surface area contributed by atoms with Gasteiger partial charge in [0.2, 0.25) is 0 Å². The molecule has 3 aromatic rings. The highest BCUT2D eigenvalue weighted by atomic mass is 16.3. The summed E-state index contributed by atoms with van der Waals surface area (Å²) in [7, 11) is 0. The van der Waals surface area contributed by atoms with Gasteiger partial charge in [0.25, 0.3) is 0 Å². The van der Waals surface area contributed by atoms with E-state index in [4.69, 9.17) is 0 Å². The Labute approximate surface area is 124 Å². The van der Waals surface area contributed by atoms with Gasteiger partial charge in [0.15, 0.2) is 0 Å². The molecule has 0 heterocycles.